The lowest BCUT2D eigenvalue weighted by Gasteiger charge is -2.21. The fourth-order valence-corrected chi connectivity index (χ4v) is 2.88. The van der Waals surface area contributed by atoms with Crippen molar-refractivity contribution in [3.63, 3.8) is 0 Å². The molecule has 0 aliphatic carbocycles. The van der Waals surface area contributed by atoms with Crippen molar-refractivity contribution in [3.05, 3.63) is 41.5 Å². The maximum absolute atomic E-state index is 5.49. The van der Waals surface area contributed by atoms with Crippen LogP contribution >= 0.6 is 0 Å². The molecule has 5 heteroatoms. The van der Waals surface area contributed by atoms with Crippen molar-refractivity contribution < 1.29 is 9.26 Å². The minimum absolute atomic E-state index is 0.238. The lowest BCUT2D eigenvalue weighted by molar-refractivity contribution is 0.201. The van der Waals surface area contributed by atoms with Gasteiger partial charge in [0.25, 0.3) is 0 Å². The fourth-order valence-electron chi connectivity index (χ4n) is 2.88. The van der Waals surface area contributed by atoms with E-state index in [2.05, 4.69) is 41.0 Å². The van der Waals surface area contributed by atoms with Gasteiger partial charge in [0.1, 0.15) is 5.75 Å². The zero-order chi connectivity index (χ0) is 15.5. The molecule has 1 fully saturated rings. The first kappa shape index (κ1) is 15.0. The van der Waals surface area contributed by atoms with Gasteiger partial charge in [0.15, 0.2) is 5.82 Å². The summed E-state index contributed by atoms with van der Waals surface area (Å²) in [5.74, 6) is 2.75. The number of benzene rings is 1. The molecule has 1 atom stereocenters. The van der Waals surface area contributed by atoms with Crippen LogP contribution in [0.3, 0.4) is 0 Å². The molecule has 1 aromatic carbocycles. The molecule has 22 heavy (non-hydrogen) atoms. The van der Waals surface area contributed by atoms with Crippen molar-refractivity contribution in [2.75, 3.05) is 13.7 Å². The molecule has 118 valence electrons. The highest BCUT2D eigenvalue weighted by Crippen LogP contribution is 2.32. The average Bonchev–Trinajstić information content (AvgIpc) is 3.16. The molecule has 0 saturated carbocycles. The van der Waals surface area contributed by atoms with Crippen LogP contribution in [0.4, 0.5) is 0 Å². The van der Waals surface area contributed by atoms with E-state index < -0.39 is 0 Å². The second-order valence-corrected chi connectivity index (χ2v) is 6.12. The topological polar surface area (TPSA) is 51.4 Å². The highest BCUT2D eigenvalue weighted by molar-refractivity contribution is 5.27. The normalized spacial score (nSPS) is 19.0. The summed E-state index contributed by atoms with van der Waals surface area (Å²) in [5, 5.41) is 4.10. The van der Waals surface area contributed by atoms with Gasteiger partial charge in [0.05, 0.1) is 13.2 Å². The van der Waals surface area contributed by atoms with E-state index in [0.717, 1.165) is 37.0 Å². The number of hydrogen-bond acceptors (Lipinski definition) is 5. The van der Waals surface area contributed by atoms with E-state index in [1.165, 1.54) is 12.0 Å². The van der Waals surface area contributed by atoms with Crippen LogP contribution in [-0.4, -0.2) is 28.7 Å². The monoisotopic (exact) mass is 301 g/mol. The molecule has 5 nitrogen and oxygen atoms in total. The Balaban J connectivity index is 1.71. The largest absolute Gasteiger partial charge is 0.497 e. The molecule has 1 saturated heterocycles. The smallest absolute Gasteiger partial charge is 0.244 e. The quantitative estimate of drug-likeness (QED) is 0.845. The van der Waals surface area contributed by atoms with Crippen molar-refractivity contribution in [2.24, 2.45) is 0 Å². The summed E-state index contributed by atoms with van der Waals surface area (Å²) in [5.41, 5.74) is 1.27. The first-order chi connectivity index (χ1) is 10.7. The number of nitrogens with zero attached hydrogens (tertiary/aromatic N) is 3. The molecule has 1 aliphatic rings. The van der Waals surface area contributed by atoms with Gasteiger partial charge in [-0.05, 0) is 37.1 Å². The minimum atomic E-state index is 0.238. The molecule has 0 spiro atoms. The Kier molecular flexibility index (Phi) is 4.43. The van der Waals surface area contributed by atoms with E-state index in [1.807, 2.05) is 12.1 Å². The Morgan fingerprint density at radius 2 is 2.09 bits per heavy atom. The Morgan fingerprint density at radius 3 is 2.73 bits per heavy atom. The summed E-state index contributed by atoms with van der Waals surface area (Å²) in [6, 6.07) is 8.47. The Bertz CT molecular complexity index is 607. The van der Waals surface area contributed by atoms with E-state index in [9.17, 15) is 0 Å². The van der Waals surface area contributed by atoms with E-state index in [1.54, 1.807) is 7.11 Å². The summed E-state index contributed by atoms with van der Waals surface area (Å²) in [6.45, 7) is 6.13. The van der Waals surface area contributed by atoms with Crippen LogP contribution in [0.5, 0.6) is 5.75 Å². The number of hydrogen-bond donors (Lipinski definition) is 0. The molecule has 2 aromatic rings. The van der Waals surface area contributed by atoms with Crippen molar-refractivity contribution in [1.82, 2.24) is 15.0 Å². The molecule has 0 amide bonds. The van der Waals surface area contributed by atoms with Gasteiger partial charge in [-0.2, -0.15) is 4.98 Å². The van der Waals surface area contributed by atoms with Crippen LogP contribution in [-0.2, 0) is 6.54 Å². The standard InChI is InChI=1S/C17H23N3O2/c1-12(2)16-18-17(22-19-16)15-5-4-10-20(15)11-13-6-8-14(21-3)9-7-13/h6-9,12,15H,4-5,10-11H2,1-3H3. The van der Waals surface area contributed by atoms with Crippen LogP contribution in [0, 0.1) is 0 Å². The molecule has 1 aromatic heterocycles. The van der Waals surface area contributed by atoms with Crippen LogP contribution < -0.4 is 4.74 Å². The zero-order valence-corrected chi connectivity index (χ0v) is 13.5. The van der Waals surface area contributed by atoms with Crippen LogP contribution in [0.25, 0.3) is 0 Å². The number of ether oxygens (including phenoxy) is 1. The van der Waals surface area contributed by atoms with E-state index in [4.69, 9.17) is 9.26 Å². The van der Waals surface area contributed by atoms with Crippen molar-refractivity contribution in [3.8, 4) is 5.75 Å². The second-order valence-electron chi connectivity index (χ2n) is 6.12. The molecule has 1 unspecified atom stereocenters. The van der Waals surface area contributed by atoms with Gasteiger partial charge in [-0.15, -0.1) is 0 Å². The molecule has 0 radical (unpaired) electrons. The average molecular weight is 301 g/mol. The van der Waals surface area contributed by atoms with Crippen LogP contribution in [0.2, 0.25) is 0 Å². The lowest BCUT2D eigenvalue weighted by Crippen LogP contribution is -2.23. The molecule has 3 rings (SSSR count). The number of rotatable bonds is 5. The van der Waals surface area contributed by atoms with E-state index >= 15 is 0 Å². The Morgan fingerprint density at radius 1 is 1.32 bits per heavy atom. The number of aromatic nitrogens is 2. The highest BCUT2D eigenvalue weighted by Gasteiger charge is 2.30. The van der Waals surface area contributed by atoms with E-state index in [-0.39, 0.29) is 6.04 Å². The predicted molar refractivity (Wildman–Crippen MR) is 83.8 cm³/mol. The molecule has 0 bridgehead atoms. The first-order valence-corrected chi connectivity index (χ1v) is 7.88. The molecular formula is C17H23N3O2. The fraction of sp³-hybridized carbons (Fsp3) is 0.529. The summed E-state index contributed by atoms with van der Waals surface area (Å²) in [4.78, 5) is 6.99. The number of likely N-dealkylation sites (tertiary alicyclic amines) is 1. The third-order valence-corrected chi connectivity index (χ3v) is 4.17. The van der Waals surface area contributed by atoms with Gasteiger partial charge in [-0.25, -0.2) is 0 Å². The lowest BCUT2D eigenvalue weighted by atomic mass is 10.1. The second kappa shape index (κ2) is 6.48. The predicted octanol–water partition coefficient (Wildman–Crippen LogP) is 3.54. The van der Waals surface area contributed by atoms with E-state index in [0.29, 0.717) is 5.92 Å². The molecule has 1 aliphatic heterocycles. The van der Waals surface area contributed by atoms with Gasteiger partial charge >= 0.3 is 0 Å². The van der Waals surface area contributed by atoms with Crippen LogP contribution in [0.1, 0.15) is 55.9 Å². The summed E-state index contributed by atoms with van der Waals surface area (Å²) < 4.78 is 10.7. The zero-order valence-electron chi connectivity index (χ0n) is 13.5. The SMILES string of the molecule is COc1ccc(CN2CCCC2c2nc(C(C)C)no2)cc1. The maximum Gasteiger partial charge on any atom is 0.244 e. The van der Waals surface area contributed by atoms with Crippen molar-refractivity contribution in [2.45, 2.75) is 45.2 Å². The number of methoxy groups -OCH3 is 1. The van der Waals surface area contributed by atoms with Gasteiger partial charge < -0.3 is 9.26 Å². The minimum Gasteiger partial charge on any atom is -0.497 e. The van der Waals surface area contributed by atoms with Gasteiger partial charge in [-0.3, -0.25) is 4.90 Å². The van der Waals surface area contributed by atoms with Gasteiger partial charge in [0, 0.05) is 12.5 Å². The Labute approximate surface area is 131 Å². The summed E-state index contributed by atoms with van der Waals surface area (Å²) in [7, 11) is 1.69. The van der Waals surface area contributed by atoms with Crippen molar-refractivity contribution >= 4 is 0 Å². The third-order valence-electron chi connectivity index (χ3n) is 4.17. The highest BCUT2D eigenvalue weighted by atomic mass is 16.5. The molecule has 0 N–H and O–H groups in total. The van der Waals surface area contributed by atoms with Crippen LogP contribution in [0.15, 0.2) is 28.8 Å². The molecular weight excluding hydrogens is 278 g/mol. The Hall–Kier alpha value is -1.88. The van der Waals surface area contributed by atoms with Gasteiger partial charge in [-0.1, -0.05) is 31.1 Å². The summed E-state index contributed by atoms with van der Waals surface area (Å²) in [6.07, 6.45) is 2.25. The van der Waals surface area contributed by atoms with Gasteiger partial charge in [0.2, 0.25) is 5.89 Å². The molecule has 2 heterocycles. The van der Waals surface area contributed by atoms with Crippen molar-refractivity contribution in [1.29, 1.82) is 0 Å². The first-order valence-electron chi connectivity index (χ1n) is 7.88. The third kappa shape index (κ3) is 3.14. The maximum atomic E-state index is 5.49. The summed E-state index contributed by atoms with van der Waals surface area (Å²) >= 11 is 0.